The molecule has 0 amide bonds. The van der Waals surface area contributed by atoms with Crippen molar-refractivity contribution < 1.29 is 18.0 Å². The van der Waals surface area contributed by atoms with Gasteiger partial charge in [-0.2, -0.15) is 18.3 Å². The predicted molar refractivity (Wildman–Crippen MR) is 107 cm³/mol. The summed E-state index contributed by atoms with van der Waals surface area (Å²) in [5, 5.41) is 4.19. The van der Waals surface area contributed by atoms with Gasteiger partial charge in [0.25, 0.3) is 0 Å². The van der Waals surface area contributed by atoms with Gasteiger partial charge >= 0.3 is 6.18 Å². The van der Waals surface area contributed by atoms with Gasteiger partial charge in [0.05, 0.1) is 12.4 Å². The Morgan fingerprint density at radius 3 is 2.68 bits per heavy atom. The normalized spacial score (nSPS) is 18.1. The number of carbonyl (C=O) groups is 1. The van der Waals surface area contributed by atoms with E-state index in [1.807, 2.05) is 4.90 Å². The molecule has 2 saturated heterocycles. The molecule has 5 heterocycles. The molecule has 162 valence electrons. The summed E-state index contributed by atoms with van der Waals surface area (Å²) in [6, 6.07) is 2.72. The van der Waals surface area contributed by atoms with Crippen LogP contribution in [0.25, 0.3) is 11.2 Å². The van der Waals surface area contributed by atoms with Gasteiger partial charge in [0.15, 0.2) is 11.4 Å². The van der Waals surface area contributed by atoms with Gasteiger partial charge in [-0.25, -0.2) is 14.6 Å². The molecule has 0 radical (unpaired) electrons. The molecule has 31 heavy (non-hydrogen) atoms. The van der Waals surface area contributed by atoms with Crippen LogP contribution in [0, 0.1) is 5.41 Å². The van der Waals surface area contributed by atoms with Crippen LogP contribution >= 0.6 is 0 Å². The van der Waals surface area contributed by atoms with Crippen LogP contribution in [0.5, 0.6) is 0 Å². The zero-order valence-electron chi connectivity index (χ0n) is 16.8. The molecule has 2 fully saturated rings. The molecular weight excluding hydrogens is 411 g/mol. The highest BCUT2D eigenvalue weighted by atomic mass is 19.4. The third-order valence-electron chi connectivity index (χ3n) is 5.92. The van der Waals surface area contributed by atoms with Crippen molar-refractivity contribution in [1.29, 1.82) is 0 Å². The molecule has 0 aliphatic carbocycles. The molecule has 0 unspecified atom stereocenters. The van der Waals surface area contributed by atoms with E-state index in [0.29, 0.717) is 29.9 Å². The van der Waals surface area contributed by atoms with Gasteiger partial charge in [0.2, 0.25) is 0 Å². The van der Waals surface area contributed by atoms with Gasteiger partial charge in [-0.1, -0.05) is 0 Å². The second-order valence-electron chi connectivity index (χ2n) is 8.37. The molecule has 0 saturated carbocycles. The minimum atomic E-state index is -4.45. The monoisotopic (exact) mass is 431 g/mol. The number of aromatic nitrogens is 5. The van der Waals surface area contributed by atoms with E-state index in [1.54, 1.807) is 23.1 Å². The largest absolute Gasteiger partial charge is 0.433 e. The zero-order chi connectivity index (χ0) is 21.8. The van der Waals surface area contributed by atoms with Gasteiger partial charge in [0.1, 0.15) is 23.6 Å². The minimum absolute atomic E-state index is 0.0118. The maximum absolute atomic E-state index is 12.9. The van der Waals surface area contributed by atoms with E-state index in [0.717, 1.165) is 31.4 Å². The summed E-state index contributed by atoms with van der Waals surface area (Å²) < 4.78 is 40.4. The number of fused-ring (bicyclic) bond motifs is 1. The van der Waals surface area contributed by atoms with Crippen molar-refractivity contribution in [2.24, 2.45) is 5.41 Å². The molecule has 0 bridgehead atoms. The Balaban J connectivity index is 1.30. The number of Topliss-reactive ketones (excluding diaryl/α,β-unsaturated/α-hetero) is 1. The highest BCUT2D eigenvalue weighted by Gasteiger charge is 2.48. The Morgan fingerprint density at radius 2 is 1.94 bits per heavy atom. The standard InChI is InChI=1S/C20H20F3N7O/c1-13(31)9-30-18-15(7-26-30)25-8-17(27-18)28-5-3-19(10-28)11-29(12-19)14-2-4-24-16(6-14)20(21,22)23/h2,4,6-8H,3,5,9-12H2,1H3. The van der Waals surface area contributed by atoms with Crippen LogP contribution in [0.3, 0.4) is 0 Å². The molecule has 5 rings (SSSR count). The first-order valence-electron chi connectivity index (χ1n) is 9.94. The third kappa shape index (κ3) is 3.57. The van der Waals surface area contributed by atoms with Crippen LogP contribution < -0.4 is 9.80 Å². The topological polar surface area (TPSA) is 80.0 Å². The molecular formula is C20H20F3N7O. The van der Waals surface area contributed by atoms with E-state index < -0.39 is 11.9 Å². The van der Waals surface area contributed by atoms with Crippen molar-refractivity contribution in [3.05, 3.63) is 36.4 Å². The van der Waals surface area contributed by atoms with Crippen LogP contribution in [0.15, 0.2) is 30.7 Å². The Morgan fingerprint density at radius 1 is 1.16 bits per heavy atom. The van der Waals surface area contributed by atoms with E-state index >= 15 is 0 Å². The van der Waals surface area contributed by atoms with Gasteiger partial charge < -0.3 is 9.80 Å². The van der Waals surface area contributed by atoms with Crippen molar-refractivity contribution in [3.63, 3.8) is 0 Å². The number of halogens is 3. The Labute approximate surface area is 175 Å². The van der Waals surface area contributed by atoms with E-state index in [9.17, 15) is 18.0 Å². The molecule has 0 aromatic carbocycles. The summed E-state index contributed by atoms with van der Waals surface area (Å²) in [4.78, 5) is 28.1. The Bertz CT molecular complexity index is 1150. The smallest absolute Gasteiger partial charge is 0.370 e. The Hall–Kier alpha value is -3.24. The van der Waals surface area contributed by atoms with Gasteiger partial charge in [0, 0.05) is 43.5 Å². The summed E-state index contributed by atoms with van der Waals surface area (Å²) in [6.07, 6.45) is 0.978. The number of hydrogen-bond donors (Lipinski definition) is 0. The molecule has 0 atom stereocenters. The van der Waals surface area contributed by atoms with Crippen molar-refractivity contribution in [3.8, 4) is 0 Å². The second kappa shape index (κ2) is 6.89. The first-order chi connectivity index (χ1) is 14.7. The molecule has 2 aliphatic heterocycles. The van der Waals surface area contributed by atoms with Gasteiger partial charge in [-0.05, 0) is 25.5 Å². The average molecular weight is 431 g/mol. The first-order valence-corrected chi connectivity index (χ1v) is 9.94. The lowest BCUT2D eigenvalue weighted by Gasteiger charge is -2.49. The quantitative estimate of drug-likeness (QED) is 0.628. The number of anilines is 2. The van der Waals surface area contributed by atoms with Crippen molar-refractivity contribution in [2.45, 2.75) is 26.1 Å². The SMILES string of the molecule is CC(=O)Cn1ncc2ncc(N3CCC4(CN(c5ccnc(C(F)(F)F)c5)C4)C3)nc21. The van der Waals surface area contributed by atoms with Crippen LogP contribution in [0.1, 0.15) is 19.0 Å². The fourth-order valence-electron chi connectivity index (χ4n) is 4.42. The number of pyridine rings is 1. The lowest BCUT2D eigenvalue weighted by atomic mass is 9.79. The maximum Gasteiger partial charge on any atom is 0.433 e. The highest BCUT2D eigenvalue weighted by Crippen LogP contribution is 2.43. The lowest BCUT2D eigenvalue weighted by molar-refractivity contribution is -0.141. The van der Waals surface area contributed by atoms with E-state index in [-0.39, 0.29) is 17.7 Å². The van der Waals surface area contributed by atoms with Crippen LogP contribution in [0.4, 0.5) is 24.7 Å². The van der Waals surface area contributed by atoms with Crippen LogP contribution in [-0.4, -0.2) is 56.7 Å². The number of alkyl halides is 3. The summed E-state index contributed by atoms with van der Waals surface area (Å²) >= 11 is 0. The number of carbonyl (C=O) groups excluding carboxylic acids is 1. The average Bonchev–Trinajstić information content (AvgIpc) is 3.31. The molecule has 1 spiro atoms. The molecule has 3 aromatic heterocycles. The van der Waals surface area contributed by atoms with Gasteiger partial charge in [-0.15, -0.1) is 0 Å². The van der Waals surface area contributed by atoms with Crippen molar-refractivity contribution >= 4 is 28.5 Å². The molecule has 0 N–H and O–H groups in total. The summed E-state index contributed by atoms with van der Waals surface area (Å²) in [5.74, 6) is 0.702. The molecule has 3 aromatic rings. The molecule has 11 heteroatoms. The van der Waals surface area contributed by atoms with Crippen LogP contribution in [0.2, 0.25) is 0 Å². The summed E-state index contributed by atoms with van der Waals surface area (Å²) in [6.45, 7) is 4.55. The lowest BCUT2D eigenvalue weighted by Crippen LogP contribution is -2.57. The van der Waals surface area contributed by atoms with E-state index in [4.69, 9.17) is 0 Å². The van der Waals surface area contributed by atoms with Crippen molar-refractivity contribution in [2.75, 3.05) is 36.0 Å². The summed E-state index contributed by atoms with van der Waals surface area (Å²) in [7, 11) is 0. The fraction of sp³-hybridized carbons (Fsp3) is 0.450. The molecule has 8 nitrogen and oxygen atoms in total. The zero-order valence-corrected chi connectivity index (χ0v) is 16.8. The maximum atomic E-state index is 12.9. The highest BCUT2D eigenvalue weighted by molar-refractivity contribution is 5.78. The summed E-state index contributed by atoms with van der Waals surface area (Å²) in [5.41, 5.74) is 0.885. The third-order valence-corrected chi connectivity index (χ3v) is 5.92. The fourth-order valence-corrected chi connectivity index (χ4v) is 4.42. The number of rotatable bonds is 4. The minimum Gasteiger partial charge on any atom is -0.370 e. The van der Waals surface area contributed by atoms with Gasteiger partial charge in [-0.3, -0.25) is 9.78 Å². The number of nitrogens with zero attached hydrogens (tertiary/aromatic N) is 7. The number of hydrogen-bond acceptors (Lipinski definition) is 7. The molecule has 2 aliphatic rings. The van der Waals surface area contributed by atoms with Crippen molar-refractivity contribution in [1.82, 2.24) is 24.7 Å². The van der Waals surface area contributed by atoms with Crippen LogP contribution in [-0.2, 0) is 17.5 Å². The Kier molecular flexibility index (Phi) is 4.38. The number of ketones is 1. The second-order valence-corrected chi connectivity index (χ2v) is 8.37. The van der Waals surface area contributed by atoms with E-state index in [1.165, 1.54) is 13.1 Å². The van der Waals surface area contributed by atoms with E-state index in [2.05, 4.69) is 25.0 Å². The predicted octanol–water partition coefficient (Wildman–Crippen LogP) is 2.55. The first kappa shape index (κ1) is 19.7.